The Kier molecular flexibility index (Phi) is 6.44. The molecule has 0 radical (unpaired) electrons. The maximum Gasteiger partial charge on any atom is 0.449 e. The summed E-state index contributed by atoms with van der Waals surface area (Å²) in [6.07, 6.45) is -9.83. The van der Waals surface area contributed by atoms with Crippen LogP contribution in [0.2, 0.25) is 0 Å². The summed E-state index contributed by atoms with van der Waals surface area (Å²) in [5, 5.41) is 1.36. The van der Waals surface area contributed by atoms with Crippen LogP contribution < -0.4 is 5.32 Å². The van der Waals surface area contributed by atoms with E-state index in [0.29, 0.717) is 0 Å². The van der Waals surface area contributed by atoms with E-state index in [2.05, 4.69) is 4.99 Å². The summed E-state index contributed by atoms with van der Waals surface area (Å²) >= 11 is 1.64. The summed E-state index contributed by atoms with van der Waals surface area (Å²) in [7, 11) is 0. The van der Waals surface area contributed by atoms with Crippen LogP contribution in [0.1, 0.15) is 13.8 Å². The lowest BCUT2D eigenvalue weighted by Crippen LogP contribution is -2.41. The minimum Gasteiger partial charge on any atom is -0.332 e. The fraction of sp³-hybridized carbons (Fsp3) is 0.667. The molecule has 0 amide bonds. The molecule has 18 heavy (non-hydrogen) atoms. The summed E-state index contributed by atoms with van der Waals surface area (Å²) < 4.78 is 75.1. The van der Waals surface area contributed by atoms with Crippen molar-refractivity contribution in [2.24, 2.45) is 4.99 Å². The normalized spacial score (nSPS) is 15.5. The van der Waals surface area contributed by atoms with E-state index in [4.69, 9.17) is 0 Å². The van der Waals surface area contributed by atoms with E-state index in [1.54, 1.807) is 22.6 Å². The van der Waals surface area contributed by atoms with Crippen LogP contribution in [0, 0.1) is 0 Å². The van der Waals surface area contributed by atoms with E-state index >= 15 is 0 Å². The number of hydrogen-bond acceptors (Lipinski definition) is 1. The Balaban J connectivity index is 5.41. The van der Waals surface area contributed by atoms with Gasteiger partial charge in [0.25, 0.3) is 0 Å². The third-order valence-electron chi connectivity index (χ3n) is 1.74. The highest BCUT2D eigenvalue weighted by Gasteiger charge is 2.42. The highest BCUT2D eigenvalue weighted by atomic mass is 127. The summed E-state index contributed by atoms with van der Waals surface area (Å²) in [5.41, 5.74) is -1.64. The second kappa shape index (κ2) is 6.62. The van der Waals surface area contributed by atoms with Crippen molar-refractivity contribution in [1.82, 2.24) is 5.32 Å². The Morgan fingerprint density at radius 3 is 1.89 bits per heavy atom. The predicted octanol–water partition coefficient (Wildman–Crippen LogP) is 3.83. The van der Waals surface area contributed by atoms with Crippen LogP contribution in [0.3, 0.4) is 0 Å². The van der Waals surface area contributed by atoms with E-state index < -0.39 is 23.9 Å². The molecular formula is C9H11F6IN2. The van der Waals surface area contributed by atoms with E-state index in [9.17, 15) is 26.3 Å². The highest BCUT2D eigenvalue weighted by molar-refractivity contribution is 14.1. The molecule has 0 rings (SSSR count). The Morgan fingerprint density at radius 1 is 1.11 bits per heavy atom. The monoisotopic (exact) mass is 388 g/mol. The van der Waals surface area contributed by atoms with E-state index in [0.717, 1.165) is 6.92 Å². The third kappa shape index (κ3) is 5.44. The predicted molar refractivity (Wildman–Crippen MR) is 64.8 cm³/mol. The van der Waals surface area contributed by atoms with Crippen LogP contribution in [0.15, 0.2) is 16.3 Å². The minimum atomic E-state index is -4.95. The van der Waals surface area contributed by atoms with Gasteiger partial charge in [0.05, 0.1) is 0 Å². The Morgan fingerprint density at radius 2 is 1.61 bits per heavy atom. The van der Waals surface area contributed by atoms with Gasteiger partial charge in [-0.1, -0.05) is 22.6 Å². The van der Waals surface area contributed by atoms with Gasteiger partial charge in [-0.05, 0) is 19.4 Å². The number of allylic oxidation sites excluding steroid dienone is 2. The number of rotatable bonds is 3. The van der Waals surface area contributed by atoms with Crippen molar-refractivity contribution >= 4 is 28.4 Å². The van der Waals surface area contributed by atoms with Crippen LogP contribution in [0.4, 0.5) is 26.3 Å². The molecule has 106 valence electrons. The zero-order valence-electron chi connectivity index (χ0n) is 9.51. The molecule has 0 fully saturated rings. The van der Waals surface area contributed by atoms with Crippen molar-refractivity contribution in [2.45, 2.75) is 26.2 Å². The number of amidine groups is 1. The molecule has 0 saturated carbocycles. The first-order valence-corrected chi connectivity index (χ1v) is 6.28. The standard InChI is InChI=1S/C9H11F6IN2/c1-3-17-7(9(13,14)15)18-6(5(2)4-16)8(10,11)12/h3-4H2,1-2H3,(H,17,18)/b6-5+. The lowest BCUT2D eigenvalue weighted by atomic mass is 10.2. The van der Waals surface area contributed by atoms with Gasteiger partial charge in [-0.15, -0.1) is 0 Å². The number of nitrogens with one attached hydrogen (secondary N) is 1. The zero-order chi connectivity index (χ0) is 14.6. The van der Waals surface area contributed by atoms with Gasteiger partial charge in [0, 0.05) is 11.0 Å². The first-order valence-electron chi connectivity index (χ1n) is 4.75. The quantitative estimate of drug-likeness (QED) is 0.257. The lowest BCUT2D eigenvalue weighted by Gasteiger charge is -2.19. The van der Waals surface area contributed by atoms with Crippen LogP contribution >= 0.6 is 22.6 Å². The molecule has 0 atom stereocenters. The van der Waals surface area contributed by atoms with E-state index in [-0.39, 0.29) is 16.5 Å². The third-order valence-corrected chi connectivity index (χ3v) is 2.88. The Bertz CT molecular complexity index is 342. The topological polar surface area (TPSA) is 24.4 Å². The molecule has 0 heterocycles. The number of halogens is 7. The molecule has 9 heteroatoms. The number of aliphatic imine (C=N–C) groups is 1. The van der Waals surface area contributed by atoms with Crippen molar-refractivity contribution in [3.8, 4) is 0 Å². The van der Waals surface area contributed by atoms with Crippen molar-refractivity contribution < 1.29 is 26.3 Å². The van der Waals surface area contributed by atoms with Gasteiger partial charge in [0.1, 0.15) is 5.70 Å². The molecule has 0 aromatic rings. The number of nitrogens with zero attached hydrogens (tertiary/aromatic N) is 1. The van der Waals surface area contributed by atoms with Crippen molar-refractivity contribution in [3.63, 3.8) is 0 Å². The van der Waals surface area contributed by atoms with Crippen LogP contribution in [0.5, 0.6) is 0 Å². The summed E-state index contributed by atoms with van der Waals surface area (Å²) in [4.78, 5) is 3.01. The second-order valence-corrected chi connectivity index (χ2v) is 4.00. The fourth-order valence-corrected chi connectivity index (χ4v) is 1.34. The van der Waals surface area contributed by atoms with Gasteiger partial charge in [0.2, 0.25) is 5.84 Å². The first-order chi connectivity index (χ1) is 8.04. The van der Waals surface area contributed by atoms with E-state index in [1.807, 2.05) is 0 Å². The SMILES string of the molecule is CCN=C(N/C(=C(\C)CI)C(F)(F)F)C(F)(F)F. The molecule has 0 aromatic carbocycles. The largest absolute Gasteiger partial charge is 0.449 e. The Labute approximate surface area is 114 Å². The molecular weight excluding hydrogens is 377 g/mol. The maximum absolute atomic E-state index is 12.6. The van der Waals surface area contributed by atoms with Crippen LogP contribution in [-0.2, 0) is 0 Å². The van der Waals surface area contributed by atoms with E-state index in [1.165, 1.54) is 12.2 Å². The second-order valence-electron chi connectivity index (χ2n) is 3.23. The Hall–Kier alpha value is -0.480. The molecule has 0 aliphatic carbocycles. The lowest BCUT2D eigenvalue weighted by molar-refractivity contribution is -0.0980. The number of alkyl halides is 7. The highest BCUT2D eigenvalue weighted by Crippen LogP contribution is 2.28. The maximum atomic E-state index is 12.6. The van der Waals surface area contributed by atoms with Gasteiger partial charge in [-0.25, -0.2) is 0 Å². The molecule has 0 bridgehead atoms. The molecule has 2 nitrogen and oxygen atoms in total. The average molecular weight is 388 g/mol. The molecule has 1 N–H and O–H groups in total. The van der Waals surface area contributed by atoms with Crippen LogP contribution in [-0.4, -0.2) is 29.2 Å². The van der Waals surface area contributed by atoms with Gasteiger partial charge in [0.15, 0.2) is 0 Å². The minimum absolute atomic E-state index is 0.0448. The summed E-state index contributed by atoms with van der Waals surface area (Å²) in [6.45, 7) is 2.15. The summed E-state index contributed by atoms with van der Waals surface area (Å²) in [6, 6.07) is 0. The van der Waals surface area contributed by atoms with Gasteiger partial charge >= 0.3 is 12.4 Å². The van der Waals surface area contributed by atoms with Gasteiger partial charge in [-0.2, -0.15) is 26.3 Å². The first kappa shape index (κ1) is 17.5. The van der Waals surface area contributed by atoms with Crippen LogP contribution in [0.25, 0.3) is 0 Å². The summed E-state index contributed by atoms with van der Waals surface area (Å²) in [5.74, 6) is -1.64. The zero-order valence-corrected chi connectivity index (χ0v) is 11.7. The number of hydrogen-bond donors (Lipinski definition) is 1. The molecule has 0 spiro atoms. The van der Waals surface area contributed by atoms with Crippen molar-refractivity contribution in [3.05, 3.63) is 11.3 Å². The molecule has 0 aliphatic heterocycles. The molecule has 0 aromatic heterocycles. The molecule has 0 saturated heterocycles. The van der Waals surface area contributed by atoms with Crippen molar-refractivity contribution in [1.29, 1.82) is 0 Å². The fourth-order valence-electron chi connectivity index (χ4n) is 0.963. The van der Waals surface area contributed by atoms with Gasteiger partial charge < -0.3 is 5.32 Å². The molecule has 0 aliphatic rings. The van der Waals surface area contributed by atoms with Gasteiger partial charge in [-0.3, -0.25) is 4.99 Å². The van der Waals surface area contributed by atoms with Crippen molar-refractivity contribution in [2.75, 3.05) is 11.0 Å². The average Bonchev–Trinajstić information content (AvgIpc) is 2.19. The smallest absolute Gasteiger partial charge is 0.332 e. The molecule has 0 unspecified atom stereocenters.